The molecule has 8 heteroatoms. The van der Waals surface area contributed by atoms with E-state index in [9.17, 15) is 9.59 Å². The van der Waals surface area contributed by atoms with Gasteiger partial charge < -0.3 is 20.1 Å². The van der Waals surface area contributed by atoms with Crippen LogP contribution in [0.2, 0.25) is 0 Å². The number of amides is 2. The number of aromatic nitrogens is 2. The second kappa shape index (κ2) is 7.92. The average Bonchev–Trinajstić information content (AvgIpc) is 3.09. The molecule has 2 fully saturated rings. The number of piperidine rings is 1. The summed E-state index contributed by atoms with van der Waals surface area (Å²) in [5.41, 5.74) is -0.0964. The van der Waals surface area contributed by atoms with E-state index >= 15 is 0 Å². The highest BCUT2D eigenvalue weighted by molar-refractivity contribution is 8.00. The number of hydrogen-bond acceptors (Lipinski definition) is 5. The fourth-order valence-electron chi connectivity index (χ4n) is 3.24. The van der Waals surface area contributed by atoms with E-state index in [1.54, 1.807) is 19.4 Å². The van der Waals surface area contributed by atoms with Crippen LogP contribution in [0.4, 0.5) is 10.6 Å². The summed E-state index contributed by atoms with van der Waals surface area (Å²) in [6.07, 6.45) is 7.58. The van der Waals surface area contributed by atoms with Crippen molar-refractivity contribution in [3.8, 4) is 0 Å². The summed E-state index contributed by atoms with van der Waals surface area (Å²) in [7, 11) is 1.72. The SMILES string of the molecule is Cn1ccnc(N2CCC[C@@H](NC(=O)NC[C@@H]3CCCS3)C2)c1=O. The Labute approximate surface area is 146 Å². The predicted molar refractivity (Wildman–Crippen MR) is 96.7 cm³/mol. The first kappa shape index (κ1) is 17.1. The Bertz CT molecular complexity index is 629. The van der Waals surface area contributed by atoms with Crippen molar-refractivity contribution >= 4 is 23.6 Å². The number of anilines is 1. The van der Waals surface area contributed by atoms with E-state index in [2.05, 4.69) is 15.6 Å². The van der Waals surface area contributed by atoms with Crippen LogP contribution >= 0.6 is 11.8 Å². The highest BCUT2D eigenvalue weighted by atomic mass is 32.2. The van der Waals surface area contributed by atoms with Crippen LogP contribution in [0.25, 0.3) is 0 Å². The number of rotatable bonds is 4. The zero-order valence-electron chi connectivity index (χ0n) is 14.0. The van der Waals surface area contributed by atoms with Crippen LogP contribution in [0.3, 0.4) is 0 Å². The van der Waals surface area contributed by atoms with Crippen LogP contribution in [-0.4, -0.2) is 52.3 Å². The summed E-state index contributed by atoms with van der Waals surface area (Å²) in [5.74, 6) is 1.67. The molecule has 2 N–H and O–H groups in total. The van der Waals surface area contributed by atoms with Gasteiger partial charge in [-0.3, -0.25) is 4.79 Å². The van der Waals surface area contributed by atoms with E-state index < -0.39 is 0 Å². The first-order valence-corrected chi connectivity index (χ1v) is 9.61. The summed E-state index contributed by atoms with van der Waals surface area (Å²) in [6.45, 7) is 2.15. The van der Waals surface area contributed by atoms with Crippen LogP contribution in [-0.2, 0) is 7.05 Å². The van der Waals surface area contributed by atoms with Gasteiger partial charge in [0.1, 0.15) is 0 Å². The molecule has 132 valence electrons. The molecule has 0 spiro atoms. The van der Waals surface area contributed by atoms with Crippen molar-refractivity contribution in [2.75, 3.05) is 30.3 Å². The van der Waals surface area contributed by atoms with E-state index in [4.69, 9.17) is 0 Å². The zero-order chi connectivity index (χ0) is 16.9. The number of hydrogen-bond donors (Lipinski definition) is 2. The highest BCUT2D eigenvalue weighted by Crippen LogP contribution is 2.25. The maximum Gasteiger partial charge on any atom is 0.315 e. The van der Waals surface area contributed by atoms with Crippen molar-refractivity contribution in [1.82, 2.24) is 20.2 Å². The minimum absolute atomic E-state index is 0.0432. The topological polar surface area (TPSA) is 79.3 Å². The van der Waals surface area contributed by atoms with Gasteiger partial charge in [0, 0.05) is 50.4 Å². The van der Waals surface area contributed by atoms with Gasteiger partial charge in [-0.05, 0) is 31.4 Å². The maximum atomic E-state index is 12.2. The Balaban J connectivity index is 1.52. The van der Waals surface area contributed by atoms with Crippen molar-refractivity contribution in [2.24, 2.45) is 7.05 Å². The van der Waals surface area contributed by atoms with E-state index in [1.165, 1.54) is 23.2 Å². The number of nitrogens with one attached hydrogen (secondary N) is 2. The van der Waals surface area contributed by atoms with Gasteiger partial charge in [0.25, 0.3) is 5.56 Å². The second-order valence-electron chi connectivity index (χ2n) is 6.44. The maximum absolute atomic E-state index is 12.2. The zero-order valence-corrected chi connectivity index (χ0v) is 14.8. The lowest BCUT2D eigenvalue weighted by molar-refractivity contribution is 0.235. The molecule has 1 aromatic heterocycles. The third-order valence-electron chi connectivity index (χ3n) is 4.57. The first-order chi connectivity index (χ1) is 11.6. The van der Waals surface area contributed by atoms with Gasteiger partial charge in [-0.2, -0.15) is 11.8 Å². The van der Waals surface area contributed by atoms with Crippen molar-refractivity contribution in [3.05, 3.63) is 22.7 Å². The number of urea groups is 1. The monoisotopic (exact) mass is 351 g/mol. The number of thioether (sulfide) groups is 1. The summed E-state index contributed by atoms with van der Waals surface area (Å²) >= 11 is 1.93. The Morgan fingerprint density at radius 2 is 2.29 bits per heavy atom. The molecule has 2 atom stereocenters. The van der Waals surface area contributed by atoms with Gasteiger partial charge in [0.15, 0.2) is 5.82 Å². The third-order valence-corrected chi connectivity index (χ3v) is 5.97. The Morgan fingerprint density at radius 1 is 1.42 bits per heavy atom. The summed E-state index contributed by atoms with van der Waals surface area (Å²) in [6, 6.07) is -0.0648. The molecule has 2 amide bonds. The molecule has 7 nitrogen and oxygen atoms in total. The van der Waals surface area contributed by atoms with Gasteiger partial charge in [-0.15, -0.1) is 0 Å². The van der Waals surface area contributed by atoms with Crippen LogP contribution in [0.15, 0.2) is 17.2 Å². The standard InChI is InChI=1S/C16H25N5O2S/c1-20-8-6-17-14(15(20)22)21-7-2-4-12(11-21)19-16(23)18-10-13-5-3-9-24-13/h6,8,12-13H,2-5,7,9-11H2,1H3,(H2,18,19,23)/t12-,13+/m1/s1. The quantitative estimate of drug-likeness (QED) is 0.844. The molecule has 2 saturated heterocycles. The Hall–Kier alpha value is -1.70. The lowest BCUT2D eigenvalue weighted by Gasteiger charge is -2.33. The molecular weight excluding hydrogens is 326 g/mol. The summed E-state index contributed by atoms with van der Waals surface area (Å²) in [5, 5.41) is 6.57. The van der Waals surface area contributed by atoms with Crippen molar-refractivity contribution in [1.29, 1.82) is 0 Å². The molecule has 0 aromatic carbocycles. The first-order valence-electron chi connectivity index (χ1n) is 8.56. The van der Waals surface area contributed by atoms with Crippen LogP contribution < -0.4 is 21.1 Å². The largest absolute Gasteiger partial charge is 0.350 e. The Morgan fingerprint density at radius 3 is 3.08 bits per heavy atom. The fourth-order valence-corrected chi connectivity index (χ4v) is 4.44. The van der Waals surface area contributed by atoms with Gasteiger partial charge in [-0.1, -0.05) is 0 Å². The fraction of sp³-hybridized carbons (Fsp3) is 0.688. The number of carbonyl (C=O) groups excluding carboxylic acids is 1. The Kier molecular flexibility index (Phi) is 5.65. The number of carbonyl (C=O) groups is 1. The van der Waals surface area contributed by atoms with Crippen molar-refractivity contribution in [3.63, 3.8) is 0 Å². The second-order valence-corrected chi connectivity index (χ2v) is 7.85. The lowest BCUT2D eigenvalue weighted by Crippen LogP contribution is -2.52. The summed E-state index contributed by atoms with van der Waals surface area (Å²) in [4.78, 5) is 30.5. The van der Waals surface area contributed by atoms with Crippen LogP contribution in [0, 0.1) is 0 Å². The smallest absolute Gasteiger partial charge is 0.315 e. The van der Waals surface area contributed by atoms with Gasteiger partial charge in [-0.25, -0.2) is 9.78 Å². The highest BCUT2D eigenvalue weighted by Gasteiger charge is 2.24. The third kappa shape index (κ3) is 4.23. The van der Waals surface area contributed by atoms with Gasteiger partial charge in [0.2, 0.25) is 0 Å². The van der Waals surface area contributed by atoms with E-state index in [-0.39, 0.29) is 17.6 Å². The predicted octanol–water partition coefficient (Wildman–Crippen LogP) is 0.944. The molecule has 24 heavy (non-hydrogen) atoms. The molecule has 2 aliphatic rings. The minimum Gasteiger partial charge on any atom is -0.350 e. The van der Waals surface area contributed by atoms with E-state index in [0.717, 1.165) is 25.9 Å². The van der Waals surface area contributed by atoms with E-state index in [0.29, 0.717) is 17.6 Å². The molecule has 0 saturated carbocycles. The van der Waals surface area contributed by atoms with Crippen molar-refractivity contribution in [2.45, 2.75) is 37.0 Å². The molecule has 3 heterocycles. The van der Waals surface area contributed by atoms with Crippen LogP contribution in [0.5, 0.6) is 0 Å². The molecular formula is C16H25N5O2S. The minimum atomic E-state index is -0.108. The number of aryl methyl sites for hydroxylation is 1. The van der Waals surface area contributed by atoms with Gasteiger partial charge >= 0.3 is 6.03 Å². The molecule has 0 radical (unpaired) electrons. The molecule has 0 aliphatic carbocycles. The molecule has 3 rings (SSSR count). The van der Waals surface area contributed by atoms with E-state index in [1.807, 2.05) is 16.7 Å². The molecule has 2 aliphatic heterocycles. The average molecular weight is 351 g/mol. The molecule has 0 unspecified atom stereocenters. The number of nitrogens with zero attached hydrogens (tertiary/aromatic N) is 3. The van der Waals surface area contributed by atoms with Crippen LogP contribution in [0.1, 0.15) is 25.7 Å². The van der Waals surface area contributed by atoms with Crippen molar-refractivity contribution < 1.29 is 4.79 Å². The van der Waals surface area contributed by atoms with Gasteiger partial charge in [0.05, 0.1) is 0 Å². The summed E-state index contributed by atoms with van der Waals surface area (Å²) < 4.78 is 1.53. The lowest BCUT2D eigenvalue weighted by atomic mass is 10.1. The molecule has 1 aromatic rings. The molecule has 0 bridgehead atoms. The normalized spacial score (nSPS) is 24.0.